The highest BCUT2D eigenvalue weighted by atomic mass is 35.5. The first-order valence-corrected chi connectivity index (χ1v) is 6.95. The van der Waals surface area contributed by atoms with Gasteiger partial charge in [-0.2, -0.15) is 13.2 Å². The molecule has 1 saturated heterocycles. The van der Waals surface area contributed by atoms with Crippen molar-refractivity contribution in [3.8, 4) is 0 Å². The molecule has 1 aliphatic heterocycles. The Hall–Kier alpha value is -0.390. The third-order valence-corrected chi connectivity index (χ3v) is 4.22. The van der Waals surface area contributed by atoms with E-state index in [-0.39, 0.29) is 22.9 Å². The highest BCUT2D eigenvalue weighted by Gasteiger charge is 2.39. The number of alkyl halides is 3. The predicted octanol–water partition coefficient (Wildman–Crippen LogP) is 3.82. The summed E-state index contributed by atoms with van der Waals surface area (Å²) in [5.41, 5.74) is -3.24. The van der Waals surface area contributed by atoms with Crippen LogP contribution in [0.5, 0.6) is 0 Å². The summed E-state index contributed by atoms with van der Waals surface area (Å²) in [7, 11) is 0. The van der Waals surface area contributed by atoms with Crippen molar-refractivity contribution in [2.75, 3.05) is 18.8 Å². The zero-order valence-electron chi connectivity index (χ0n) is 9.56. The van der Waals surface area contributed by atoms with E-state index >= 15 is 0 Å². The van der Waals surface area contributed by atoms with Crippen molar-refractivity contribution < 1.29 is 13.2 Å². The van der Waals surface area contributed by atoms with Gasteiger partial charge in [-0.1, -0.05) is 35.5 Å². The van der Waals surface area contributed by atoms with Crippen LogP contribution in [-0.2, 0) is 5.41 Å². The summed E-state index contributed by atoms with van der Waals surface area (Å²) in [5, 5.41) is 3.78. The number of benzene rings is 1. The lowest BCUT2D eigenvalue weighted by Gasteiger charge is -2.43. The van der Waals surface area contributed by atoms with E-state index < -0.39 is 5.51 Å². The number of rotatable bonds is 4. The molecule has 0 bridgehead atoms. The Morgan fingerprint density at radius 1 is 1.22 bits per heavy atom. The van der Waals surface area contributed by atoms with Crippen molar-refractivity contribution in [1.29, 1.82) is 0 Å². The minimum absolute atomic E-state index is 0.0537. The summed E-state index contributed by atoms with van der Waals surface area (Å²) < 4.78 is 36.4. The average Bonchev–Trinajstić information content (AvgIpc) is 2.22. The average molecular weight is 296 g/mol. The quantitative estimate of drug-likeness (QED) is 0.906. The first-order valence-electron chi connectivity index (χ1n) is 5.59. The van der Waals surface area contributed by atoms with Gasteiger partial charge in [0, 0.05) is 29.3 Å². The fraction of sp³-hybridized carbons (Fsp3) is 0.500. The van der Waals surface area contributed by atoms with Gasteiger partial charge in [-0.05, 0) is 24.1 Å². The van der Waals surface area contributed by atoms with Gasteiger partial charge in [-0.3, -0.25) is 0 Å². The lowest BCUT2D eigenvalue weighted by atomic mass is 9.73. The van der Waals surface area contributed by atoms with Crippen LogP contribution < -0.4 is 5.32 Å². The van der Waals surface area contributed by atoms with Crippen molar-refractivity contribution in [3.05, 3.63) is 34.9 Å². The Morgan fingerprint density at radius 2 is 1.83 bits per heavy atom. The van der Waals surface area contributed by atoms with E-state index in [9.17, 15) is 13.2 Å². The first-order chi connectivity index (χ1) is 8.41. The molecule has 0 atom stereocenters. The van der Waals surface area contributed by atoms with Gasteiger partial charge >= 0.3 is 5.51 Å². The second-order valence-corrected chi connectivity index (χ2v) is 6.03. The van der Waals surface area contributed by atoms with Gasteiger partial charge in [0.1, 0.15) is 0 Å². The van der Waals surface area contributed by atoms with Gasteiger partial charge in [0.15, 0.2) is 0 Å². The SMILES string of the molecule is FC(F)(F)SCCC1(c2ccc(Cl)cc2)CNC1. The molecule has 1 aliphatic rings. The standard InChI is InChI=1S/C12H13ClF3NS/c13-10-3-1-9(2-4-10)11(7-17-8-11)5-6-18-12(14,15)16/h1-4,17H,5-8H2. The highest BCUT2D eigenvalue weighted by molar-refractivity contribution is 8.00. The van der Waals surface area contributed by atoms with Crippen LogP contribution in [0.1, 0.15) is 12.0 Å². The van der Waals surface area contributed by atoms with Gasteiger partial charge < -0.3 is 5.32 Å². The topological polar surface area (TPSA) is 12.0 Å². The number of hydrogen-bond acceptors (Lipinski definition) is 2. The van der Waals surface area contributed by atoms with E-state index in [1.165, 1.54) is 0 Å². The number of nitrogens with one attached hydrogen (secondary N) is 1. The number of halogens is 4. The van der Waals surface area contributed by atoms with Gasteiger partial charge in [0.2, 0.25) is 0 Å². The summed E-state index contributed by atoms with van der Waals surface area (Å²) in [4.78, 5) is 0. The molecule has 0 aliphatic carbocycles. The smallest absolute Gasteiger partial charge is 0.315 e. The van der Waals surface area contributed by atoms with Gasteiger partial charge in [-0.15, -0.1) is 0 Å². The van der Waals surface area contributed by atoms with Crippen LogP contribution in [0.4, 0.5) is 13.2 Å². The van der Waals surface area contributed by atoms with Crippen molar-refractivity contribution in [1.82, 2.24) is 5.32 Å². The Bertz CT molecular complexity index is 401. The van der Waals surface area contributed by atoms with Crippen LogP contribution in [-0.4, -0.2) is 24.4 Å². The molecule has 1 heterocycles. The van der Waals surface area contributed by atoms with E-state index in [0.717, 1.165) is 18.7 Å². The van der Waals surface area contributed by atoms with Gasteiger partial charge in [0.25, 0.3) is 0 Å². The molecule has 18 heavy (non-hydrogen) atoms. The Labute approximate surface area is 113 Å². The van der Waals surface area contributed by atoms with E-state index in [4.69, 9.17) is 11.6 Å². The van der Waals surface area contributed by atoms with E-state index in [2.05, 4.69) is 5.32 Å². The van der Waals surface area contributed by atoms with Crippen LogP contribution in [0.3, 0.4) is 0 Å². The molecule has 0 unspecified atom stereocenters. The monoisotopic (exact) mass is 295 g/mol. The number of hydrogen-bond donors (Lipinski definition) is 1. The van der Waals surface area contributed by atoms with Crippen molar-refractivity contribution in [2.24, 2.45) is 0 Å². The third kappa shape index (κ3) is 3.33. The van der Waals surface area contributed by atoms with Crippen LogP contribution in [0, 0.1) is 0 Å². The van der Waals surface area contributed by atoms with Crippen molar-refractivity contribution >= 4 is 23.4 Å². The molecule has 1 fully saturated rings. The van der Waals surface area contributed by atoms with Crippen LogP contribution in [0.25, 0.3) is 0 Å². The van der Waals surface area contributed by atoms with Gasteiger partial charge in [0.05, 0.1) is 0 Å². The summed E-state index contributed by atoms with van der Waals surface area (Å²) in [6.45, 7) is 1.46. The fourth-order valence-corrected chi connectivity index (χ4v) is 2.97. The van der Waals surface area contributed by atoms with Gasteiger partial charge in [-0.25, -0.2) is 0 Å². The fourth-order valence-electron chi connectivity index (χ4n) is 2.12. The largest absolute Gasteiger partial charge is 0.441 e. The number of thioether (sulfide) groups is 1. The Kier molecular flexibility index (Phi) is 4.14. The summed E-state index contributed by atoms with van der Waals surface area (Å²) >= 11 is 5.87. The second kappa shape index (κ2) is 5.31. The molecular weight excluding hydrogens is 283 g/mol. The van der Waals surface area contributed by atoms with Crippen LogP contribution in [0.15, 0.2) is 24.3 Å². The molecule has 2 rings (SSSR count). The van der Waals surface area contributed by atoms with E-state index in [0.29, 0.717) is 11.4 Å². The molecule has 0 spiro atoms. The maximum atomic E-state index is 12.1. The Balaban J connectivity index is 2.00. The van der Waals surface area contributed by atoms with Crippen molar-refractivity contribution in [2.45, 2.75) is 17.3 Å². The molecule has 1 aromatic carbocycles. The maximum absolute atomic E-state index is 12.1. The van der Waals surface area contributed by atoms with Crippen LogP contribution in [0.2, 0.25) is 5.02 Å². The molecule has 1 N–H and O–H groups in total. The minimum atomic E-state index is -4.14. The molecule has 0 amide bonds. The highest BCUT2D eigenvalue weighted by Crippen LogP contribution is 2.37. The summed E-state index contributed by atoms with van der Waals surface area (Å²) in [5.74, 6) is 0.0911. The Morgan fingerprint density at radius 3 is 2.28 bits per heavy atom. The predicted molar refractivity (Wildman–Crippen MR) is 69.1 cm³/mol. The van der Waals surface area contributed by atoms with Crippen LogP contribution >= 0.6 is 23.4 Å². The summed E-state index contributed by atoms with van der Waals surface area (Å²) in [6, 6.07) is 7.38. The molecule has 0 radical (unpaired) electrons. The van der Waals surface area contributed by atoms with E-state index in [1.807, 2.05) is 12.1 Å². The molecule has 0 aromatic heterocycles. The van der Waals surface area contributed by atoms with Crippen molar-refractivity contribution in [3.63, 3.8) is 0 Å². The second-order valence-electron chi connectivity index (χ2n) is 4.43. The molecular formula is C12H13ClF3NS. The maximum Gasteiger partial charge on any atom is 0.441 e. The third-order valence-electron chi connectivity index (χ3n) is 3.23. The lowest BCUT2D eigenvalue weighted by Crippen LogP contribution is -2.57. The molecule has 6 heteroatoms. The first kappa shape index (κ1) is 14.0. The zero-order valence-corrected chi connectivity index (χ0v) is 11.1. The minimum Gasteiger partial charge on any atom is -0.315 e. The summed E-state index contributed by atoms with van der Waals surface area (Å²) in [6.07, 6.45) is 0.520. The zero-order chi connectivity index (χ0) is 13.2. The van der Waals surface area contributed by atoms with E-state index in [1.54, 1.807) is 12.1 Å². The molecule has 100 valence electrons. The molecule has 1 aromatic rings. The molecule has 0 saturated carbocycles. The molecule has 1 nitrogen and oxygen atoms in total. The normalized spacial score (nSPS) is 18.4. The lowest BCUT2D eigenvalue weighted by molar-refractivity contribution is -0.0329.